The van der Waals surface area contributed by atoms with E-state index in [1.807, 2.05) is 0 Å². The van der Waals surface area contributed by atoms with E-state index in [-0.39, 0.29) is 24.5 Å². The average Bonchev–Trinajstić information content (AvgIpc) is 3.25. The van der Waals surface area contributed by atoms with Gasteiger partial charge in [-0.1, -0.05) is 0 Å². The smallest absolute Gasteiger partial charge is 0.459 e. The molecule has 0 aliphatic carbocycles. The van der Waals surface area contributed by atoms with Crippen molar-refractivity contribution in [2.24, 2.45) is 0 Å². The molecular weight excluding hydrogens is 437 g/mol. The lowest BCUT2D eigenvalue weighted by molar-refractivity contribution is -0.274. The van der Waals surface area contributed by atoms with Crippen LogP contribution in [0.4, 0.5) is 18.9 Å². The number of carbonyl (C=O) groups excluding carboxylic acids is 4. The molecule has 32 heavy (non-hydrogen) atoms. The van der Waals surface area contributed by atoms with Crippen molar-refractivity contribution in [1.82, 2.24) is 15.5 Å². The molecule has 0 radical (unpaired) electrons. The number of alkyl halides is 3. The summed E-state index contributed by atoms with van der Waals surface area (Å²) in [4.78, 5) is 48.5. The summed E-state index contributed by atoms with van der Waals surface area (Å²) in [6.45, 7) is -1.17. The van der Waals surface area contributed by atoms with Crippen LogP contribution in [0.15, 0.2) is 47.1 Å². The maximum atomic E-state index is 12.1. The van der Waals surface area contributed by atoms with E-state index in [0.717, 1.165) is 17.0 Å². The number of benzene rings is 1. The first kappa shape index (κ1) is 24.2. The van der Waals surface area contributed by atoms with Gasteiger partial charge in [-0.25, -0.2) is 0 Å². The monoisotopic (exact) mass is 456 g/mol. The third-order valence-corrected chi connectivity index (χ3v) is 3.77. The second-order valence-electron chi connectivity index (χ2n) is 6.31. The molecule has 172 valence electrons. The minimum atomic E-state index is -4.83. The largest absolute Gasteiger partial charge is 0.573 e. The Labute approximate surface area is 179 Å². The summed E-state index contributed by atoms with van der Waals surface area (Å²) in [5, 5.41) is 7.02. The van der Waals surface area contributed by atoms with E-state index >= 15 is 0 Å². The minimum absolute atomic E-state index is 0.0298. The number of ether oxygens (including phenoxy) is 1. The first-order chi connectivity index (χ1) is 15.0. The summed E-state index contributed by atoms with van der Waals surface area (Å²) in [6.07, 6.45) is -3.52. The number of anilines is 1. The van der Waals surface area contributed by atoms with E-state index < -0.39 is 42.3 Å². The van der Waals surface area contributed by atoms with Gasteiger partial charge in [0, 0.05) is 12.7 Å². The normalized spacial score (nSPS) is 10.8. The van der Waals surface area contributed by atoms with Crippen LogP contribution in [0.25, 0.3) is 0 Å². The molecular formula is C19H19F3N4O6. The Balaban J connectivity index is 1.70. The second-order valence-corrected chi connectivity index (χ2v) is 6.31. The number of hydrogen-bond donors (Lipinski definition) is 3. The standard InChI is InChI=1S/C19H19F3N4O6/c1-26(11-16(28)25-12-4-6-13(7-5-12)32-19(20,21)22)17(29)10-23-15(27)9-24-18(30)14-3-2-8-31-14/h2-8H,9-11H2,1H3,(H,23,27)(H,24,30)(H,25,28). The molecule has 1 aromatic carbocycles. The number of nitrogens with zero attached hydrogens (tertiary/aromatic N) is 1. The molecule has 0 bridgehead atoms. The number of halogens is 3. The Morgan fingerprint density at radius 1 is 1.00 bits per heavy atom. The highest BCUT2D eigenvalue weighted by molar-refractivity contribution is 5.96. The molecule has 1 heterocycles. The van der Waals surface area contributed by atoms with Crippen molar-refractivity contribution in [3.63, 3.8) is 0 Å². The maximum absolute atomic E-state index is 12.1. The van der Waals surface area contributed by atoms with Crippen molar-refractivity contribution in [2.45, 2.75) is 6.36 Å². The Kier molecular flexibility index (Phi) is 8.21. The van der Waals surface area contributed by atoms with Crippen LogP contribution >= 0.6 is 0 Å². The summed E-state index contributed by atoms with van der Waals surface area (Å²) < 4.78 is 45.0. The summed E-state index contributed by atoms with van der Waals surface area (Å²) >= 11 is 0. The fourth-order valence-electron chi connectivity index (χ4n) is 2.27. The van der Waals surface area contributed by atoms with E-state index in [1.54, 1.807) is 0 Å². The van der Waals surface area contributed by atoms with Crippen molar-refractivity contribution < 1.29 is 41.5 Å². The van der Waals surface area contributed by atoms with E-state index in [4.69, 9.17) is 4.42 Å². The molecule has 1 aromatic heterocycles. The van der Waals surface area contributed by atoms with Crippen LogP contribution in [0.5, 0.6) is 5.75 Å². The quantitative estimate of drug-likeness (QED) is 0.519. The molecule has 0 aliphatic rings. The number of amides is 4. The lowest BCUT2D eigenvalue weighted by Crippen LogP contribution is -2.44. The number of hydrogen-bond acceptors (Lipinski definition) is 6. The zero-order valence-electron chi connectivity index (χ0n) is 16.7. The van der Waals surface area contributed by atoms with E-state index in [1.165, 1.54) is 37.6 Å². The lowest BCUT2D eigenvalue weighted by atomic mass is 10.3. The van der Waals surface area contributed by atoms with E-state index in [0.29, 0.717) is 0 Å². The summed E-state index contributed by atoms with van der Waals surface area (Å²) in [6, 6.07) is 7.39. The average molecular weight is 456 g/mol. The van der Waals surface area contributed by atoms with Crippen molar-refractivity contribution in [2.75, 3.05) is 32.0 Å². The maximum Gasteiger partial charge on any atom is 0.573 e. The van der Waals surface area contributed by atoms with E-state index in [9.17, 15) is 32.3 Å². The zero-order chi connectivity index (χ0) is 23.7. The van der Waals surface area contributed by atoms with Crippen molar-refractivity contribution in [1.29, 1.82) is 0 Å². The molecule has 4 amide bonds. The van der Waals surface area contributed by atoms with Crippen molar-refractivity contribution in [3.8, 4) is 5.75 Å². The fourth-order valence-corrected chi connectivity index (χ4v) is 2.27. The number of likely N-dealkylation sites (N-methyl/N-ethyl adjacent to an activating group) is 1. The number of furan rings is 1. The van der Waals surface area contributed by atoms with Gasteiger partial charge in [-0.2, -0.15) is 0 Å². The highest BCUT2D eigenvalue weighted by Crippen LogP contribution is 2.23. The van der Waals surface area contributed by atoms with Gasteiger partial charge in [0.05, 0.1) is 25.9 Å². The van der Waals surface area contributed by atoms with Crippen LogP contribution in [-0.2, 0) is 14.4 Å². The Morgan fingerprint density at radius 2 is 1.69 bits per heavy atom. The Bertz CT molecular complexity index is 945. The van der Waals surface area contributed by atoms with Crippen LogP contribution in [0.2, 0.25) is 0 Å². The molecule has 0 fully saturated rings. The number of carbonyl (C=O) groups is 4. The van der Waals surface area contributed by atoms with Gasteiger partial charge >= 0.3 is 6.36 Å². The van der Waals surface area contributed by atoms with Gasteiger partial charge in [-0.15, -0.1) is 13.2 Å². The Hall–Kier alpha value is -4.03. The SMILES string of the molecule is CN(CC(=O)Nc1ccc(OC(F)(F)F)cc1)C(=O)CNC(=O)CNC(=O)c1ccco1. The molecule has 3 N–H and O–H groups in total. The van der Waals surface area contributed by atoms with E-state index in [2.05, 4.69) is 20.7 Å². The van der Waals surface area contributed by atoms with Gasteiger partial charge < -0.3 is 30.0 Å². The topological polar surface area (TPSA) is 130 Å². The van der Waals surface area contributed by atoms with Crippen LogP contribution < -0.4 is 20.7 Å². The first-order valence-electron chi connectivity index (χ1n) is 9.01. The molecule has 0 saturated heterocycles. The van der Waals surface area contributed by atoms with Crippen LogP contribution in [0.1, 0.15) is 10.6 Å². The van der Waals surface area contributed by atoms with Gasteiger partial charge in [-0.3, -0.25) is 19.2 Å². The molecule has 2 rings (SSSR count). The van der Waals surface area contributed by atoms with Crippen molar-refractivity contribution in [3.05, 3.63) is 48.4 Å². The molecule has 0 spiro atoms. The highest BCUT2D eigenvalue weighted by atomic mass is 19.4. The van der Waals surface area contributed by atoms with Crippen LogP contribution in [0, 0.1) is 0 Å². The lowest BCUT2D eigenvalue weighted by Gasteiger charge is -2.17. The minimum Gasteiger partial charge on any atom is -0.459 e. The van der Waals surface area contributed by atoms with Gasteiger partial charge in [-0.05, 0) is 36.4 Å². The van der Waals surface area contributed by atoms with Gasteiger partial charge in [0.15, 0.2) is 5.76 Å². The summed E-state index contributed by atoms with van der Waals surface area (Å²) in [5.41, 5.74) is 0.200. The predicted molar refractivity (Wildman–Crippen MR) is 103 cm³/mol. The zero-order valence-corrected chi connectivity index (χ0v) is 16.7. The second kappa shape index (κ2) is 10.8. The first-order valence-corrected chi connectivity index (χ1v) is 9.01. The summed E-state index contributed by atoms with van der Waals surface area (Å²) in [5.74, 6) is -2.83. The molecule has 0 aliphatic heterocycles. The molecule has 2 aromatic rings. The number of nitrogens with one attached hydrogen (secondary N) is 3. The fraction of sp³-hybridized carbons (Fsp3) is 0.263. The molecule has 0 saturated carbocycles. The Morgan fingerprint density at radius 3 is 2.28 bits per heavy atom. The van der Waals surface area contributed by atoms with Gasteiger partial charge in [0.2, 0.25) is 17.7 Å². The highest BCUT2D eigenvalue weighted by Gasteiger charge is 2.31. The van der Waals surface area contributed by atoms with Gasteiger partial charge in [0.1, 0.15) is 5.75 Å². The number of rotatable bonds is 9. The molecule has 0 atom stereocenters. The predicted octanol–water partition coefficient (Wildman–Crippen LogP) is 1.12. The van der Waals surface area contributed by atoms with Crippen LogP contribution in [-0.4, -0.2) is 61.6 Å². The third-order valence-electron chi connectivity index (χ3n) is 3.77. The molecule has 0 unspecified atom stereocenters. The van der Waals surface area contributed by atoms with Crippen LogP contribution in [0.3, 0.4) is 0 Å². The summed E-state index contributed by atoms with van der Waals surface area (Å²) in [7, 11) is 1.33. The molecule has 13 heteroatoms. The van der Waals surface area contributed by atoms with Gasteiger partial charge in [0.25, 0.3) is 5.91 Å². The third kappa shape index (κ3) is 8.38. The molecule has 10 nitrogen and oxygen atoms in total. The van der Waals surface area contributed by atoms with Crippen molar-refractivity contribution >= 4 is 29.3 Å².